The Balaban J connectivity index is 2.32. The molecular weight excluding hydrogens is 180 g/mol. The number of piperazine rings is 1. The molecule has 1 saturated heterocycles. The van der Waals surface area contributed by atoms with Crippen molar-refractivity contribution in [3.8, 4) is 0 Å². The lowest BCUT2D eigenvalue weighted by atomic mass is 10.4. The third-order valence-electron chi connectivity index (χ3n) is 2.22. The maximum Gasteiger partial charge on any atom is 0.220 e. The molecule has 0 unspecified atom stereocenters. The van der Waals surface area contributed by atoms with E-state index in [4.69, 9.17) is 5.84 Å². The largest absolute Gasteiger partial charge is 0.304 e. The molecule has 1 rings (SSSR count). The molecule has 0 aromatic carbocycles. The molecule has 14 heavy (non-hydrogen) atoms. The number of nitrogens with one attached hydrogen (secondary N) is 2. The smallest absolute Gasteiger partial charge is 0.220 e. The van der Waals surface area contributed by atoms with Crippen LogP contribution in [0, 0.1) is 0 Å². The lowest BCUT2D eigenvalue weighted by Crippen LogP contribution is -2.56. The molecule has 1 aliphatic heterocycles. The van der Waals surface area contributed by atoms with Crippen LogP contribution in [-0.2, 0) is 0 Å². The maximum absolute atomic E-state index is 5.32. The predicted molar refractivity (Wildman–Crippen MR) is 57.5 cm³/mol. The fraction of sp³-hybridized carbons (Fsp3) is 0.875. The zero-order chi connectivity index (χ0) is 10.4. The van der Waals surface area contributed by atoms with Crippen LogP contribution < -0.4 is 16.7 Å². The average Bonchev–Trinajstić information content (AvgIpc) is 2.20. The quantitative estimate of drug-likeness (QED) is 0.221. The number of rotatable bonds is 2. The molecule has 0 saturated carbocycles. The lowest BCUT2D eigenvalue weighted by molar-refractivity contribution is 0.129. The molecule has 4 N–H and O–H groups in total. The van der Waals surface area contributed by atoms with E-state index in [0.717, 1.165) is 32.7 Å². The average molecular weight is 200 g/mol. The Labute approximate surface area is 85.1 Å². The van der Waals surface area contributed by atoms with Crippen molar-refractivity contribution in [2.45, 2.75) is 6.92 Å². The van der Waals surface area contributed by atoms with E-state index in [1.54, 1.807) is 0 Å². The molecule has 0 aromatic heterocycles. The minimum Gasteiger partial charge on any atom is -0.304 e. The first-order valence-corrected chi connectivity index (χ1v) is 4.97. The Kier molecular flexibility index (Phi) is 4.64. The summed E-state index contributed by atoms with van der Waals surface area (Å²) in [6.45, 7) is 6.80. The molecule has 0 bridgehead atoms. The Morgan fingerprint density at radius 3 is 2.50 bits per heavy atom. The first kappa shape index (κ1) is 11.2. The third-order valence-corrected chi connectivity index (χ3v) is 2.22. The first-order chi connectivity index (χ1) is 6.76. The highest BCUT2D eigenvalue weighted by Crippen LogP contribution is 1.94. The van der Waals surface area contributed by atoms with Gasteiger partial charge < -0.3 is 4.90 Å². The molecule has 6 heteroatoms. The summed E-state index contributed by atoms with van der Waals surface area (Å²) in [6.07, 6.45) is 0. The van der Waals surface area contributed by atoms with Gasteiger partial charge in [0.15, 0.2) is 0 Å². The highest BCUT2D eigenvalue weighted by Gasteiger charge is 2.13. The normalized spacial score (nSPS) is 20.9. The Morgan fingerprint density at radius 2 is 2.00 bits per heavy atom. The van der Waals surface area contributed by atoms with Gasteiger partial charge in [0.25, 0.3) is 0 Å². The minimum atomic E-state index is 0.636. The van der Waals surface area contributed by atoms with Gasteiger partial charge in [-0.3, -0.25) is 15.8 Å². The van der Waals surface area contributed by atoms with Crippen molar-refractivity contribution in [2.75, 3.05) is 39.8 Å². The van der Waals surface area contributed by atoms with E-state index in [0.29, 0.717) is 5.96 Å². The molecule has 0 spiro atoms. The van der Waals surface area contributed by atoms with Gasteiger partial charge in [-0.1, -0.05) is 0 Å². The van der Waals surface area contributed by atoms with E-state index in [1.165, 1.54) is 0 Å². The molecule has 0 aliphatic carbocycles. The van der Waals surface area contributed by atoms with Crippen LogP contribution in [0.2, 0.25) is 0 Å². The summed E-state index contributed by atoms with van der Waals surface area (Å²) in [5.74, 6) is 5.96. The van der Waals surface area contributed by atoms with E-state index >= 15 is 0 Å². The summed E-state index contributed by atoms with van der Waals surface area (Å²) in [5.41, 5.74) is 5.69. The Hall–Kier alpha value is -0.850. The molecule has 1 fully saturated rings. The van der Waals surface area contributed by atoms with Gasteiger partial charge in [-0.25, -0.2) is 10.9 Å². The molecular formula is C8H20N6. The fourth-order valence-electron chi connectivity index (χ4n) is 1.34. The van der Waals surface area contributed by atoms with Crippen molar-refractivity contribution in [1.29, 1.82) is 0 Å². The molecule has 6 nitrogen and oxygen atoms in total. The second kappa shape index (κ2) is 5.79. The highest BCUT2D eigenvalue weighted by atomic mass is 15.6. The van der Waals surface area contributed by atoms with Gasteiger partial charge in [-0.2, -0.15) is 0 Å². The number of nitrogens with two attached hydrogens (primary N) is 1. The Morgan fingerprint density at radius 1 is 1.36 bits per heavy atom. The zero-order valence-electron chi connectivity index (χ0n) is 8.95. The van der Waals surface area contributed by atoms with Crippen molar-refractivity contribution in [1.82, 2.24) is 20.8 Å². The first-order valence-electron chi connectivity index (χ1n) is 4.97. The molecule has 82 valence electrons. The highest BCUT2D eigenvalue weighted by molar-refractivity contribution is 5.78. The van der Waals surface area contributed by atoms with Crippen LogP contribution in [0.1, 0.15) is 6.92 Å². The van der Waals surface area contributed by atoms with Crippen LogP contribution in [0.4, 0.5) is 0 Å². The molecule has 0 aromatic rings. The number of guanidine groups is 1. The number of hydrogen-bond donors (Lipinski definition) is 3. The standard InChI is InChI=1S/C8H20N6/c1-3-10-8(11-9)12-14-6-4-13(2)5-7-14/h3-7,9H2,1-2H3,(H2,10,11,12). The molecule has 0 radical (unpaired) electrons. The van der Waals surface area contributed by atoms with Gasteiger partial charge >= 0.3 is 0 Å². The van der Waals surface area contributed by atoms with Gasteiger partial charge in [-0.15, -0.1) is 0 Å². The minimum absolute atomic E-state index is 0.636. The Bertz CT molecular complexity index is 184. The van der Waals surface area contributed by atoms with Crippen molar-refractivity contribution >= 4 is 5.96 Å². The van der Waals surface area contributed by atoms with Gasteiger partial charge in [-0.05, 0) is 14.0 Å². The van der Waals surface area contributed by atoms with Gasteiger partial charge in [0, 0.05) is 32.7 Å². The van der Waals surface area contributed by atoms with Gasteiger partial charge in [0.2, 0.25) is 5.96 Å². The van der Waals surface area contributed by atoms with Crippen molar-refractivity contribution in [2.24, 2.45) is 10.8 Å². The summed E-state index contributed by atoms with van der Waals surface area (Å²) < 4.78 is 0. The topological polar surface area (TPSA) is 68.9 Å². The van der Waals surface area contributed by atoms with Crippen LogP contribution >= 0.6 is 0 Å². The lowest BCUT2D eigenvalue weighted by Gasteiger charge is -2.33. The summed E-state index contributed by atoms with van der Waals surface area (Å²) in [6, 6.07) is 0. The van der Waals surface area contributed by atoms with E-state index in [2.05, 4.69) is 32.8 Å². The zero-order valence-corrected chi connectivity index (χ0v) is 8.95. The number of aliphatic imine (C=N–C) groups is 1. The summed E-state index contributed by atoms with van der Waals surface area (Å²) in [7, 11) is 2.12. The van der Waals surface area contributed by atoms with E-state index in [-0.39, 0.29) is 0 Å². The van der Waals surface area contributed by atoms with Crippen molar-refractivity contribution in [3.63, 3.8) is 0 Å². The maximum atomic E-state index is 5.32. The van der Waals surface area contributed by atoms with Crippen LogP contribution in [0.5, 0.6) is 0 Å². The summed E-state index contributed by atoms with van der Waals surface area (Å²) >= 11 is 0. The predicted octanol–water partition coefficient (Wildman–Crippen LogP) is -1.42. The van der Waals surface area contributed by atoms with E-state index in [1.807, 2.05) is 6.92 Å². The molecule has 0 amide bonds. The number of hydrazine groups is 2. The van der Waals surface area contributed by atoms with Crippen LogP contribution in [0.3, 0.4) is 0 Å². The van der Waals surface area contributed by atoms with Gasteiger partial charge in [0.1, 0.15) is 0 Å². The van der Waals surface area contributed by atoms with Crippen LogP contribution in [0.25, 0.3) is 0 Å². The monoisotopic (exact) mass is 200 g/mol. The van der Waals surface area contributed by atoms with Crippen LogP contribution in [-0.4, -0.2) is 55.6 Å². The SMILES string of the molecule is CCN=C(NN)NN1CCN(C)CC1. The second-order valence-corrected chi connectivity index (χ2v) is 3.37. The number of nitrogens with zero attached hydrogens (tertiary/aromatic N) is 3. The second-order valence-electron chi connectivity index (χ2n) is 3.37. The fourth-order valence-corrected chi connectivity index (χ4v) is 1.34. The van der Waals surface area contributed by atoms with Crippen LogP contribution in [0.15, 0.2) is 4.99 Å². The third kappa shape index (κ3) is 3.49. The van der Waals surface area contributed by atoms with Gasteiger partial charge in [0.05, 0.1) is 0 Å². The van der Waals surface area contributed by atoms with Crippen molar-refractivity contribution in [3.05, 3.63) is 0 Å². The van der Waals surface area contributed by atoms with Crippen molar-refractivity contribution < 1.29 is 0 Å². The van der Waals surface area contributed by atoms with E-state index in [9.17, 15) is 0 Å². The number of hydrogen-bond acceptors (Lipinski definition) is 4. The molecule has 1 aliphatic rings. The summed E-state index contributed by atoms with van der Waals surface area (Å²) in [5, 5.41) is 2.12. The molecule has 0 atom stereocenters. The van der Waals surface area contributed by atoms with E-state index < -0.39 is 0 Å². The molecule has 1 heterocycles. The summed E-state index contributed by atoms with van der Waals surface area (Å²) in [4.78, 5) is 6.47. The number of likely N-dealkylation sites (N-methyl/N-ethyl adjacent to an activating group) is 1.